The van der Waals surface area contributed by atoms with E-state index in [4.69, 9.17) is 9.47 Å². The summed E-state index contributed by atoms with van der Waals surface area (Å²) < 4.78 is 36.5. The molecule has 2 aliphatic rings. The topological polar surface area (TPSA) is 79.8 Å². The van der Waals surface area contributed by atoms with E-state index in [2.05, 4.69) is 15.4 Å². The number of halogens is 2. The lowest BCUT2D eigenvalue weighted by atomic mass is 10.1. The van der Waals surface area contributed by atoms with E-state index in [1.54, 1.807) is 30.7 Å². The van der Waals surface area contributed by atoms with Gasteiger partial charge >= 0.3 is 5.97 Å². The fourth-order valence-electron chi connectivity index (χ4n) is 2.96. The zero-order valence-corrected chi connectivity index (χ0v) is 14.6. The summed E-state index contributed by atoms with van der Waals surface area (Å²) in [4.78, 5) is 21.7. The normalized spacial score (nSPS) is 21.8. The Morgan fingerprint density at radius 3 is 2.69 bits per heavy atom. The highest BCUT2D eigenvalue weighted by atomic mass is 19.3. The van der Waals surface area contributed by atoms with Crippen LogP contribution in [0, 0.1) is 0 Å². The molecule has 8 nitrogen and oxygen atoms in total. The number of hydrazine groups is 1. The van der Waals surface area contributed by atoms with Crippen molar-refractivity contribution >= 4 is 11.9 Å². The number of alkyl halides is 2. The Bertz CT molecular complexity index is 683. The lowest BCUT2D eigenvalue weighted by Crippen LogP contribution is -2.39. The Morgan fingerprint density at radius 2 is 2.12 bits per heavy atom. The van der Waals surface area contributed by atoms with Crippen LogP contribution < -0.4 is 10.3 Å². The number of carbonyl (C=O) groups excluding carboxylic acids is 1. The third kappa shape index (κ3) is 4.07. The van der Waals surface area contributed by atoms with Crippen LogP contribution in [0.3, 0.4) is 0 Å². The van der Waals surface area contributed by atoms with Crippen LogP contribution in [0.25, 0.3) is 0 Å². The first-order valence-corrected chi connectivity index (χ1v) is 8.17. The van der Waals surface area contributed by atoms with Crippen LogP contribution in [-0.4, -0.2) is 66.8 Å². The van der Waals surface area contributed by atoms with E-state index in [1.165, 1.54) is 12.0 Å². The predicted octanol–water partition coefficient (Wildman–Crippen LogP) is 0.714. The fourth-order valence-corrected chi connectivity index (χ4v) is 2.96. The highest BCUT2D eigenvalue weighted by Crippen LogP contribution is 2.28. The van der Waals surface area contributed by atoms with E-state index in [0.29, 0.717) is 24.7 Å². The number of esters is 1. The monoisotopic (exact) mass is 369 g/mol. The van der Waals surface area contributed by atoms with E-state index < -0.39 is 11.9 Å². The van der Waals surface area contributed by atoms with Crippen LogP contribution in [-0.2, 0) is 20.8 Å². The Balaban J connectivity index is 1.64. The third-order valence-corrected chi connectivity index (χ3v) is 4.24. The molecule has 1 atom stereocenters. The van der Waals surface area contributed by atoms with E-state index in [0.717, 1.165) is 5.56 Å². The van der Waals surface area contributed by atoms with Gasteiger partial charge in [0.15, 0.2) is 0 Å². The molecule has 1 unspecified atom stereocenters. The number of anilines is 1. The van der Waals surface area contributed by atoms with Crippen molar-refractivity contribution in [2.75, 3.05) is 38.8 Å². The lowest BCUT2D eigenvalue weighted by molar-refractivity contribution is -0.136. The number of ether oxygens (including phenoxy) is 2. The fraction of sp³-hybridized carbons (Fsp3) is 0.562. The van der Waals surface area contributed by atoms with Crippen LogP contribution in [0.2, 0.25) is 0 Å². The third-order valence-electron chi connectivity index (χ3n) is 4.24. The average molecular weight is 369 g/mol. The SMILES string of the molecule is COCC1NN(Cc2cnc(N3CCC(F)(F)C3)nc2)C=C1C(=O)OC. The molecular weight excluding hydrogens is 348 g/mol. The van der Waals surface area contributed by atoms with Crippen LogP contribution in [0.5, 0.6) is 0 Å². The number of nitrogens with zero attached hydrogens (tertiary/aromatic N) is 4. The molecule has 26 heavy (non-hydrogen) atoms. The van der Waals surface area contributed by atoms with Crippen molar-refractivity contribution in [1.82, 2.24) is 20.4 Å². The highest BCUT2D eigenvalue weighted by Gasteiger charge is 2.39. The number of nitrogens with one attached hydrogen (secondary N) is 1. The molecule has 0 saturated carbocycles. The van der Waals surface area contributed by atoms with Crippen molar-refractivity contribution in [3.8, 4) is 0 Å². The minimum atomic E-state index is -2.69. The van der Waals surface area contributed by atoms with Gasteiger partial charge in [-0.15, -0.1) is 0 Å². The van der Waals surface area contributed by atoms with Gasteiger partial charge in [0.1, 0.15) is 0 Å². The standard InChI is InChI=1S/C16H21F2N5O3/c1-25-9-13-12(14(24)26-2)8-23(21-13)7-11-5-19-15(20-6-11)22-4-3-16(17,18)10-22/h5-6,8,13,21H,3-4,7,9-10H2,1-2H3. The summed E-state index contributed by atoms with van der Waals surface area (Å²) in [7, 11) is 2.87. The molecule has 1 aromatic heterocycles. The molecule has 0 amide bonds. The molecule has 0 aromatic carbocycles. The number of methoxy groups -OCH3 is 2. The zero-order valence-electron chi connectivity index (χ0n) is 14.6. The summed E-state index contributed by atoms with van der Waals surface area (Å²) in [6, 6.07) is -0.306. The second-order valence-electron chi connectivity index (χ2n) is 6.26. The second kappa shape index (κ2) is 7.50. The van der Waals surface area contributed by atoms with Gasteiger partial charge in [-0.3, -0.25) is 0 Å². The lowest BCUT2D eigenvalue weighted by Gasteiger charge is -2.20. The molecule has 2 aliphatic heterocycles. The molecule has 1 N–H and O–H groups in total. The molecule has 142 valence electrons. The number of hydrogen-bond donors (Lipinski definition) is 1. The van der Waals surface area contributed by atoms with Crippen LogP contribution >= 0.6 is 0 Å². The van der Waals surface area contributed by atoms with Crippen molar-refractivity contribution < 1.29 is 23.0 Å². The molecule has 10 heteroatoms. The van der Waals surface area contributed by atoms with Crippen molar-refractivity contribution in [3.05, 3.63) is 29.7 Å². The molecular formula is C16H21F2N5O3. The summed E-state index contributed by atoms with van der Waals surface area (Å²) in [5.41, 5.74) is 4.37. The summed E-state index contributed by atoms with van der Waals surface area (Å²) >= 11 is 0. The van der Waals surface area contributed by atoms with Crippen molar-refractivity contribution in [1.29, 1.82) is 0 Å². The number of carbonyl (C=O) groups is 1. The van der Waals surface area contributed by atoms with Gasteiger partial charge in [-0.2, -0.15) is 0 Å². The number of hydrogen-bond acceptors (Lipinski definition) is 8. The van der Waals surface area contributed by atoms with E-state index >= 15 is 0 Å². The Labute approximate surface area is 149 Å². The van der Waals surface area contributed by atoms with Crippen LogP contribution in [0.1, 0.15) is 12.0 Å². The molecule has 3 rings (SSSR count). The van der Waals surface area contributed by atoms with Gasteiger partial charge in [0.05, 0.1) is 38.4 Å². The van der Waals surface area contributed by atoms with E-state index in [1.807, 2.05) is 0 Å². The first-order chi connectivity index (χ1) is 12.4. The molecule has 1 aromatic rings. The van der Waals surface area contributed by atoms with Gasteiger partial charge in [-0.05, 0) is 0 Å². The molecule has 0 radical (unpaired) electrons. The Hall–Kier alpha value is -2.33. The minimum Gasteiger partial charge on any atom is -0.466 e. The first-order valence-electron chi connectivity index (χ1n) is 8.17. The van der Waals surface area contributed by atoms with Gasteiger partial charge in [-0.25, -0.2) is 29.0 Å². The van der Waals surface area contributed by atoms with Crippen LogP contribution in [0.4, 0.5) is 14.7 Å². The largest absolute Gasteiger partial charge is 0.466 e. The minimum absolute atomic E-state index is 0.183. The zero-order chi connectivity index (χ0) is 18.7. The summed E-state index contributed by atoms with van der Waals surface area (Å²) in [6.45, 7) is 0.598. The smallest absolute Gasteiger partial charge is 0.337 e. The molecule has 1 saturated heterocycles. The Kier molecular flexibility index (Phi) is 5.33. The van der Waals surface area contributed by atoms with Gasteiger partial charge < -0.3 is 19.4 Å². The first kappa shape index (κ1) is 18.5. The van der Waals surface area contributed by atoms with Gasteiger partial charge in [0.2, 0.25) is 5.95 Å². The van der Waals surface area contributed by atoms with Gasteiger partial charge in [0, 0.05) is 44.2 Å². The maximum Gasteiger partial charge on any atom is 0.337 e. The van der Waals surface area contributed by atoms with E-state index in [9.17, 15) is 13.6 Å². The number of rotatable bonds is 6. The maximum atomic E-state index is 13.3. The van der Waals surface area contributed by atoms with Gasteiger partial charge in [-0.1, -0.05) is 0 Å². The van der Waals surface area contributed by atoms with Crippen molar-refractivity contribution in [2.45, 2.75) is 24.9 Å². The maximum absolute atomic E-state index is 13.3. The average Bonchev–Trinajstić information content (AvgIpc) is 3.18. The molecule has 1 fully saturated rings. The van der Waals surface area contributed by atoms with E-state index in [-0.39, 0.29) is 25.6 Å². The second-order valence-corrected chi connectivity index (χ2v) is 6.26. The summed E-state index contributed by atoms with van der Waals surface area (Å²) in [5.74, 6) is -2.82. The summed E-state index contributed by atoms with van der Waals surface area (Å²) in [5, 5.41) is 1.72. The summed E-state index contributed by atoms with van der Waals surface area (Å²) in [6.07, 6.45) is 4.66. The van der Waals surface area contributed by atoms with Gasteiger partial charge in [0.25, 0.3) is 5.92 Å². The molecule has 3 heterocycles. The molecule has 0 aliphatic carbocycles. The quantitative estimate of drug-likeness (QED) is 0.735. The predicted molar refractivity (Wildman–Crippen MR) is 88.3 cm³/mol. The van der Waals surface area contributed by atoms with Crippen molar-refractivity contribution in [3.63, 3.8) is 0 Å². The van der Waals surface area contributed by atoms with Crippen molar-refractivity contribution in [2.24, 2.45) is 0 Å². The Morgan fingerprint density at radius 1 is 1.38 bits per heavy atom. The molecule has 0 bridgehead atoms. The molecule has 0 spiro atoms. The van der Waals surface area contributed by atoms with Crippen LogP contribution in [0.15, 0.2) is 24.2 Å². The highest BCUT2D eigenvalue weighted by molar-refractivity contribution is 5.90. The number of aromatic nitrogens is 2.